The fraction of sp³-hybridized carbons (Fsp3) is 0.333. The fourth-order valence-corrected chi connectivity index (χ4v) is 3.95. The van der Waals surface area contributed by atoms with Gasteiger partial charge in [0.1, 0.15) is 19.0 Å². The molecule has 1 amide bonds. The second-order valence-electron chi connectivity index (χ2n) is 6.44. The van der Waals surface area contributed by atoms with Crippen molar-refractivity contribution in [1.82, 2.24) is 4.90 Å². The zero-order valence-electron chi connectivity index (χ0n) is 15.5. The van der Waals surface area contributed by atoms with Gasteiger partial charge in [-0.05, 0) is 35.7 Å². The molecule has 1 atom stereocenters. The van der Waals surface area contributed by atoms with Crippen molar-refractivity contribution in [2.24, 2.45) is 0 Å². The van der Waals surface area contributed by atoms with Crippen molar-refractivity contribution in [1.29, 1.82) is 0 Å². The molecule has 1 aliphatic heterocycles. The Labute approximate surface area is 177 Å². The van der Waals surface area contributed by atoms with Gasteiger partial charge in [-0.3, -0.25) is 9.59 Å². The van der Waals surface area contributed by atoms with Crippen LogP contribution in [0.5, 0.6) is 5.75 Å². The Morgan fingerprint density at radius 3 is 2.71 bits per heavy atom. The molecule has 0 aliphatic carbocycles. The first-order chi connectivity index (χ1) is 13.5. The summed E-state index contributed by atoms with van der Waals surface area (Å²) in [6.45, 7) is 2.35. The van der Waals surface area contributed by atoms with Crippen molar-refractivity contribution in [3.63, 3.8) is 0 Å². The van der Waals surface area contributed by atoms with Gasteiger partial charge in [-0.25, -0.2) is 0 Å². The van der Waals surface area contributed by atoms with Crippen molar-refractivity contribution in [2.45, 2.75) is 19.4 Å². The first kappa shape index (κ1) is 20.7. The van der Waals surface area contributed by atoms with Crippen LogP contribution in [-0.4, -0.2) is 41.9 Å². The molecule has 0 N–H and O–H groups in total. The van der Waals surface area contributed by atoms with Crippen LogP contribution in [0.1, 0.15) is 29.7 Å². The molecule has 0 saturated heterocycles. The maximum Gasteiger partial charge on any atom is 0.302 e. The zero-order valence-corrected chi connectivity index (χ0v) is 17.8. The number of hydrogen-bond donors (Lipinski definition) is 0. The lowest BCUT2D eigenvalue weighted by Gasteiger charge is -2.38. The molecule has 0 fully saturated rings. The van der Waals surface area contributed by atoms with E-state index in [1.807, 2.05) is 29.2 Å². The number of carbonyl (C=O) groups excluding carboxylic acids is 2. The number of fused-ring (bicyclic) bond motifs is 1. The molecule has 0 aromatic heterocycles. The summed E-state index contributed by atoms with van der Waals surface area (Å²) in [6.07, 6.45) is 0.800. The van der Waals surface area contributed by atoms with Crippen molar-refractivity contribution >= 4 is 39.4 Å². The molecule has 28 heavy (non-hydrogen) atoms. The lowest BCUT2D eigenvalue weighted by atomic mass is 9.87. The predicted octanol–water partition coefficient (Wildman–Crippen LogP) is 4.15. The maximum atomic E-state index is 12.6. The normalized spacial score (nSPS) is 15.7. The molecule has 0 saturated carbocycles. The molecule has 1 aliphatic rings. The Balaban J connectivity index is 1.99. The number of benzene rings is 2. The Hall–Kier alpha value is -2.05. The summed E-state index contributed by atoms with van der Waals surface area (Å²) in [6, 6.07) is 13.2. The molecular formula is C21H21BrClNO4. The minimum absolute atomic E-state index is 0.00495. The van der Waals surface area contributed by atoms with Gasteiger partial charge in [0.2, 0.25) is 5.91 Å². The topological polar surface area (TPSA) is 55.8 Å². The number of alkyl halides is 1. The van der Waals surface area contributed by atoms with E-state index in [0.717, 1.165) is 17.5 Å². The molecule has 7 heteroatoms. The number of rotatable bonds is 6. The van der Waals surface area contributed by atoms with Gasteiger partial charge < -0.3 is 14.4 Å². The summed E-state index contributed by atoms with van der Waals surface area (Å²) < 4.78 is 10.8. The number of esters is 1. The van der Waals surface area contributed by atoms with E-state index in [1.165, 1.54) is 12.5 Å². The molecule has 2 aromatic rings. The number of ether oxygens (including phenoxy) is 2. The third-order valence-corrected chi connectivity index (χ3v) is 5.35. The molecule has 5 nitrogen and oxygen atoms in total. The van der Waals surface area contributed by atoms with E-state index in [-0.39, 0.29) is 36.5 Å². The van der Waals surface area contributed by atoms with E-state index in [4.69, 9.17) is 21.1 Å². The summed E-state index contributed by atoms with van der Waals surface area (Å²) in [5.41, 5.74) is 3.09. The number of nitrogens with zero attached hydrogens (tertiary/aromatic N) is 1. The van der Waals surface area contributed by atoms with Gasteiger partial charge in [-0.1, -0.05) is 51.8 Å². The highest BCUT2D eigenvalue weighted by Crippen LogP contribution is 2.40. The first-order valence-electron chi connectivity index (χ1n) is 9.00. The van der Waals surface area contributed by atoms with Crippen LogP contribution >= 0.6 is 27.5 Å². The molecule has 0 radical (unpaired) electrons. The van der Waals surface area contributed by atoms with Crippen molar-refractivity contribution in [2.75, 3.05) is 25.1 Å². The van der Waals surface area contributed by atoms with Crippen LogP contribution in [0.15, 0.2) is 42.5 Å². The maximum absolute atomic E-state index is 12.6. The monoisotopic (exact) mass is 465 g/mol. The summed E-state index contributed by atoms with van der Waals surface area (Å²) in [4.78, 5) is 25.4. The average Bonchev–Trinajstić information content (AvgIpc) is 2.70. The average molecular weight is 467 g/mol. The number of carbonyl (C=O) groups is 2. The lowest BCUT2D eigenvalue weighted by Crippen LogP contribution is -2.41. The van der Waals surface area contributed by atoms with Crippen molar-refractivity contribution in [3.05, 3.63) is 64.2 Å². The van der Waals surface area contributed by atoms with Gasteiger partial charge in [-0.15, -0.1) is 0 Å². The zero-order chi connectivity index (χ0) is 20.1. The minimum atomic E-state index is -0.352. The molecule has 3 rings (SSSR count). The van der Waals surface area contributed by atoms with Gasteiger partial charge in [-0.2, -0.15) is 0 Å². The number of hydrogen-bond acceptors (Lipinski definition) is 4. The second kappa shape index (κ2) is 9.43. The van der Waals surface area contributed by atoms with Crippen LogP contribution in [-0.2, 0) is 20.7 Å². The molecule has 2 aromatic carbocycles. The molecule has 1 heterocycles. The van der Waals surface area contributed by atoms with Crippen molar-refractivity contribution in [3.8, 4) is 5.75 Å². The van der Waals surface area contributed by atoms with E-state index in [9.17, 15) is 9.59 Å². The summed E-state index contributed by atoms with van der Waals surface area (Å²) in [5, 5.41) is 0.811. The van der Waals surface area contributed by atoms with Gasteiger partial charge in [0, 0.05) is 24.1 Å². The first-order valence-corrected chi connectivity index (χ1v) is 10.5. The van der Waals surface area contributed by atoms with E-state index in [1.54, 1.807) is 12.1 Å². The van der Waals surface area contributed by atoms with Crippen LogP contribution in [0, 0.1) is 0 Å². The minimum Gasteiger partial charge on any atom is -0.490 e. The summed E-state index contributed by atoms with van der Waals surface area (Å²) in [7, 11) is 0. The molecule has 0 bridgehead atoms. The largest absolute Gasteiger partial charge is 0.490 e. The predicted molar refractivity (Wildman–Crippen MR) is 111 cm³/mol. The second-order valence-corrected chi connectivity index (χ2v) is 7.44. The lowest BCUT2D eigenvalue weighted by molar-refractivity contribution is -0.141. The molecule has 148 valence electrons. The van der Waals surface area contributed by atoms with E-state index in [0.29, 0.717) is 17.3 Å². The Kier molecular flexibility index (Phi) is 6.97. The quantitative estimate of drug-likeness (QED) is 0.365. The van der Waals surface area contributed by atoms with Crippen LogP contribution in [0.4, 0.5) is 0 Å². The Morgan fingerprint density at radius 2 is 1.96 bits per heavy atom. The number of halogens is 2. The Morgan fingerprint density at radius 1 is 1.18 bits per heavy atom. The third kappa shape index (κ3) is 4.67. The molecule has 0 spiro atoms. The summed E-state index contributed by atoms with van der Waals surface area (Å²) >= 11 is 9.58. The Bertz CT molecular complexity index is 873. The SMILES string of the molecule is CC(=O)OCCOc1ccc(Cl)cc1C1c2ccccc2CCN1C(=O)CBr. The van der Waals surface area contributed by atoms with Crippen molar-refractivity contribution < 1.29 is 19.1 Å². The molecule has 1 unspecified atom stereocenters. The fourth-order valence-electron chi connectivity index (χ4n) is 3.45. The highest BCUT2D eigenvalue weighted by molar-refractivity contribution is 9.09. The smallest absolute Gasteiger partial charge is 0.302 e. The van der Waals surface area contributed by atoms with E-state index >= 15 is 0 Å². The molecular weight excluding hydrogens is 446 g/mol. The van der Waals surface area contributed by atoms with Crippen LogP contribution in [0.3, 0.4) is 0 Å². The van der Waals surface area contributed by atoms with E-state index in [2.05, 4.69) is 22.0 Å². The van der Waals surface area contributed by atoms with Crippen LogP contribution in [0.2, 0.25) is 5.02 Å². The third-order valence-electron chi connectivity index (χ3n) is 4.63. The van der Waals surface area contributed by atoms with Gasteiger partial charge in [0.05, 0.1) is 11.4 Å². The highest BCUT2D eigenvalue weighted by Gasteiger charge is 2.33. The van der Waals surface area contributed by atoms with Gasteiger partial charge >= 0.3 is 5.97 Å². The summed E-state index contributed by atoms with van der Waals surface area (Å²) in [5.74, 6) is 0.270. The van der Waals surface area contributed by atoms with Crippen LogP contribution in [0.25, 0.3) is 0 Å². The van der Waals surface area contributed by atoms with E-state index < -0.39 is 0 Å². The van der Waals surface area contributed by atoms with Gasteiger partial charge in [0.25, 0.3) is 0 Å². The van der Waals surface area contributed by atoms with Crippen LogP contribution < -0.4 is 4.74 Å². The standard InChI is InChI=1S/C21H21BrClNO4/c1-14(25)27-10-11-28-19-7-6-16(23)12-18(19)21-17-5-3-2-4-15(17)8-9-24(21)20(26)13-22/h2-7,12,21H,8-11,13H2,1H3. The highest BCUT2D eigenvalue weighted by atomic mass is 79.9. The number of amides is 1. The van der Waals surface area contributed by atoms with Gasteiger partial charge in [0.15, 0.2) is 0 Å².